The number of pyridine rings is 1. The summed E-state index contributed by atoms with van der Waals surface area (Å²) in [4.78, 5) is 5.84. The summed E-state index contributed by atoms with van der Waals surface area (Å²) in [6.07, 6.45) is 0.628. The summed E-state index contributed by atoms with van der Waals surface area (Å²) in [6, 6.07) is 3.62. The third-order valence-corrected chi connectivity index (χ3v) is 2.33. The maximum absolute atomic E-state index is 13.2. The van der Waals surface area contributed by atoms with Crippen molar-refractivity contribution in [2.45, 2.75) is 6.17 Å². The Kier molecular flexibility index (Phi) is 5.24. The molecule has 1 rings (SSSR count). The topological polar surface area (TPSA) is 25.4 Å². The second-order valence-corrected chi connectivity index (χ2v) is 4.59. The van der Waals surface area contributed by atoms with E-state index in [9.17, 15) is 4.39 Å². The van der Waals surface area contributed by atoms with Crippen LogP contribution in [0.2, 0.25) is 0 Å². The number of aromatic nitrogens is 1. The van der Waals surface area contributed by atoms with E-state index in [0.29, 0.717) is 12.3 Å². The summed E-state index contributed by atoms with van der Waals surface area (Å²) in [7, 11) is 3.66. The molecule has 0 saturated carbocycles. The lowest BCUT2D eigenvalue weighted by Gasteiger charge is -2.14. The first kappa shape index (κ1) is 12.6. The molecule has 1 aromatic rings. The van der Waals surface area contributed by atoms with Crippen LogP contribution in [0.5, 0.6) is 5.75 Å². The molecule has 15 heavy (non-hydrogen) atoms. The first-order valence-corrected chi connectivity index (χ1v) is 5.69. The van der Waals surface area contributed by atoms with E-state index in [1.807, 2.05) is 20.2 Å². The van der Waals surface area contributed by atoms with Crippen LogP contribution in [0.3, 0.4) is 0 Å². The van der Waals surface area contributed by atoms with E-state index in [1.165, 1.54) is 0 Å². The minimum atomic E-state index is -0.973. The molecule has 0 aliphatic rings. The number of halogens is 2. The monoisotopic (exact) mass is 324 g/mol. The smallest absolute Gasteiger partial charge is 0.147 e. The van der Waals surface area contributed by atoms with Gasteiger partial charge >= 0.3 is 0 Å². The van der Waals surface area contributed by atoms with E-state index in [-0.39, 0.29) is 6.61 Å². The predicted molar refractivity (Wildman–Crippen MR) is 65.9 cm³/mol. The van der Waals surface area contributed by atoms with Crippen molar-refractivity contribution >= 4 is 22.6 Å². The molecule has 0 radical (unpaired) electrons. The van der Waals surface area contributed by atoms with Gasteiger partial charge in [0, 0.05) is 6.54 Å². The zero-order chi connectivity index (χ0) is 11.3. The molecule has 1 atom stereocenters. The van der Waals surface area contributed by atoms with Crippen LogP contribution in [-0.2, 0) is 0 Å². The maximum Gasteiger partial charge on any atom is 0.147 e. The molecule has 0 aromatic carbocycles. The highest BCUT2D eigenvalue weighted by Crippen LogP contribution is 2.11. The van der Waals surface area contributed by atoms with Crippen molar-refractivity contribution in [3.8, 4) is 5.75 Å². The van der Waals surface area contributed by atoms with Crippen LogP contribution in [0.1, 0.15) is 0 Å². The lowest BCUT2D eigenvalue weighted by atomic mass is 10.4. The Bertz CT molecular complexity index is 292. The van der Waals surface area contributed by atoms with E-state index in [2.05, 4.69) is 27.6 Å². The van der Waals surface area contributed by atoms with Crippen LogP contribution in [0.15, 0.2) is 18.3 Å². The fourth-order valence-corrected chi connectivity index (χ4v) is 1.40. The molecular weight excluding hydrogens is 310 g/mol. The van der Waals surface area contributed by atoms with Gasteiger partial charge in [-0.3, -0.25) is 0 Å². The normalized spacial score (nSPS) is 12.9. The Morgan fingerprint density at radius 1 is 1.53 bits per heavy atom. The minimum absolute atomic E-state index is 0.0699. The molecule has 1 heterocycles. The lowest BCUT2D eigenvalue weighted by Crippen LogP contribution is -2.27. The second-order valence-electron chi connectivity index (χ2n) is 3.49. The number of hydrogen-bond acceptors (Lipinski definition) is 3. The lowest BCUT2D eigenvalue weighted by molar-refractivity contribution is 0.162. The fourth-order valence-electron chi connectivity index (χ4n) is 1.08. The van der Waals surface area contributed by atoms with Gasteiger partial charge < -0.3 is 9.64 Å². The molecule has 1 aromatic heterocycles. The van der Waals surface area contributed by atoms with Gasteiger partial charge in [-0.2, -0.15) is 0 Å². The summed E-state index contributed by atoms with van der Waals surface area (Å²) in [5.74, 6) is 0.608. The molecule has 0 bridgehead atoms. The van der Waals surface area contributed by atoms with Crippen LogP contribution in [0.4, 0.5) is 4.39 Å². The molecule has 5 heteroatoms. The molecule has 84 valence electrons. The van der Waals surface area contributed by atoms with Crippen LogP contribution in [0.25, 0.3) is 0 Å². The number of ether oxygens (including phenoxy) is 1. The fraction of sp³-hybridized carbons (Fsp3) is 0.500. The van der Waals surface area contributed by atoms with Crippen molar-refractivity contribution in [2.75, 3.05) is 27.2 Å². The van der Waals surface area contributed by atoms with Crippen LogP contribution < -0.4 is 4.74 Å². The minimum Gasteiger partial charge on any atom is -0.489 e. The Morgan fingerprint density at radius 3 is 2.80 bits per heavy atom. The van der Waals surface area contributed by atoms with E-state index in [4.69, 9.17) is 4.74 Å². The van der Waals surface area contributed by atoms with Crippen molar-refractivity contribution in [1.29, 1.82) is 0 Å². The van der Waals surface area contributed by atoms with Crippen LogP contribution in [-0.4, -0.2) is 43.3 Å². The molecule has 0 aliphatic carbocycles. The van der Waals surface area contributed by atoms with Crippen molar-refractivity contribution < 1.29 is 9.13 Å². The van der Waals surface area contributed by atoms with E-state index in [0.717, 1.165) is 3.70 Å². The summed E-state index contributed by atoms with van der Waals surface area (Å²) in [5.41, 5.74) is 0. The van der Waals surface area contributed by atoms with Gasteiger partial charge in [0.05, 0.1) is 6.20 Å². The van der Waals surface area contributed by atoms with Crippen LogP contribution in [0, 0.1) is 3.70 Å². The average Bonchev–Trinajstić information content (AvgIpc) is 2.16. The van der Waals surface area contributed by atoms with Gasteiger partial charge in [-0.05, 0) is 48.8 Å². The van der Waals surface area contributed by atoms with Gasteiger partial charge in [0.1, 0.15) is 22.2 Å². The number of alkyl halides is 1. The van der Waals surface area contributed by atoms with E-state index in [1.54, 1.807) is 17.2 Å². The SMILES string of the molecule is CN(C)C[C@@H](F)COc1ccc(I)nc1. The largest absolute Gasteiger partial charge is 0.489 e. The predicted octanol–water partition coefficient (Wildman–Crippen LogP) is 1.96. The number of rotatable bonds is 5. The molecule has 0 N–H and O–H groups in total. The average molecular weight is 324 g/mol. The molecular formula is C10H14FIN2O. The van der Waals surface area contributed by atoms with Gasteiger partial charge in [0.25, 0.3) is 0 Å². The highest BCUT2D eigenvalue weighted by Gasteiger charge is 2.08. The summed E-state index contributed by atoms with van der Waals surface area (Å²) in [5, 5.41) is 0. The molecule has 0 saturated heterocycles. The van der Waals surface area contributed by atoms with Gasteiger partial charge in [-0.15, -0.1) is 0 Å². The van der Waals surface area contributed by atoms with Gasteiger partial charge in [0.15, 0.2) is 0 Å². The standard InChI is InChI=1S/C10H14FIN2O/c1-14(2)6-8(11)7-15-9-3-4-10(12)13-5-9/h3-5,8H,6-7H2,1-2H3/t8-/m1/s1. The molecule has 3 nitrogen and oxygen atoms in total. The Labute approximate surface area is 103 Å². The highest BCUT2D eigenvalue weighted by molar-refractivity contribution is 14.1. The van der Waals surface area contributed by atoms with Crippen molar-refractivity contribution in [3.63, 3.8) is 0 Å². The van der Waals surface area contributed by atoms with Crippen molar-refractivity contribution in [2.24, 2.45) is 0 Å². The van der Waals surface area contributed by atoms with Gasteiger partial charge in [-0.25, -0.2) is 9.37 Å². The van der Waals surface area contributed by atoms with E-state index < -0.39 is 6.17 Å². The quantitative estimate of drug-likeness (QED) is 0.612. The summed E-state index contributed by atoms with van der Waals surface area (Å²) in [6.45, 7) is 0.443. The second kappa shape index (κ2) is 6.22. The zero-order valence-corrected chi connectivity index (χ0v) is 10.9. The maximum atomic E-state index is 13.2. The van der Waals surface area contributed by atoms with Gasteiger partial charge in [0.2, 0.25) is 0 Å². The zero-order valence-electron chi connectivity index (χ0n) is 8.78. The summed E-state index contributed by atoms with van der Waals surface area (Å²) < 4.78 is 19.4. The molecule has 0 unspecified atom stereocenters. The number of hydrogen-bond donors (Lipinski definition) is 0. The Morgan fingerprint density at radius 2 is 2.27 bits per heavy atom. The molecule has 0 spiro atoms. The molecule has 0 amide bonds. The highest BCUT2D eigenvalue weighted by atomic mass is 127. The molecule has 0 fully saturated rings. The Balaban J connectivity index is 2.33. The molecule has 0 aliphatic heterocycles. The van der Waals surface area contributed by atoms with E-state index >= 15 is 0 Å². The third kappa shape index (κ3) is 5.27. The first-order chi connectivity index (χ1) is 7.08. The van der Waals surface area contributed by atoms with Crippen LogP contribution >= 0.6 is 22.6 Å². The first-order valence-electron chi connectivity index (χ1n) is 4.61. The van der Waals surface area contributed by atoms with Crippen molar-refractivity contribution in [1.82, 2.24) is 9.88 Å². The Hall–Kier alpha value is -0.430. The van der Waals surface area contributed by atoms with Crippen molar-refractivity contribution in [3.05, 3.63) is 22.0 Å². The number of nitrogens with zero attached hydrogens (tertiary/aromatic N) is 2. The third-order valence-electron chi connectivity index (χ3n) is 1.69. The van der Waals surface area contributed by atoms with Gasteiger partial charge in [-0.1, -0.05) is 0 Å². The summed E-state index contributed by atoms with van der Waals surface area (Å²) >= 11 is 2.11.